The van der Waals surface area contributed by atoms with Crippen LogP contribution in [0.25, 0.3) is 0 Å². The van der Waals surface area contributed by atoms with Gasteiger partial charge in [0.15, 0.2) is 5.78 Å². The van der Waals surface area contributed by atoms with Crippen molar-refractivity contribution >= 4 is 23.9 Å². The third kappa shape index (κ3) is 3.95. The van der Waals surface area contributed by atoms with Gasteiger partial charge in [-0.1, -0.05) is 0 Å². The Hall–Kier alpha value is -1.06. The molecule has 1 aromatic carbocycles. The van der Waals surface area contributed by atoms with Crippen LogP contribution in [0.2, 0.25) is 0 Å². The third-order valence-electron chi connectivity index (χ3n) is 3.78. The van der Waals surface area contributed by atoms with E-state index < -0.39 is 0 Å². The van der Waals surface area contributed by atoms with E-state index >= 15 is 0 Å². The molecule has 2 rings (SSSR count). The maximum Gasteiger partial charge on any atom is 0.166 e. The quantitative estimate of drug-likeness (QED) is 0.862. The van der Waals surface area contributed by atoms with Gasteiger partial charge in [-0.25, -0.2) is 0 Å². The number of hydrogen-bond donors (Lipinski definition) is 1. The number of carbonyl (C=O) groups excluding carboxylic acids is 1. The molecule has 1 aliphatic heterocycles. The van der Waals surface area contributed by atoms with Gasteiger partial charge in [0, 0.05) is 30.8 Å². The summed E-state index contributed by atoms with van der Waals surface area (Å²) in [5.41, 5.74) is 2.02. The summed E-state index contributed by atoms with van der Waals surface area (Å²) in [6.45, 7) is 5.02. The monoisotopic (exact) mass is 282 g/mol. The fourth-order valence-electron chi connectivity index (χ4n) is 2.38. The molecule has 1 fully saturated rings. The van der Waals surface area contributed by atoms with Crippen molar-refractivity contribution < 1.29 is 4.79 Å². The van der Waals surface area contributed by atoms with Crippen LogP contribution in [0.4, 0.5) is 5.69 Å². The standard InChI is InChI=1S/C15H22N2O.ClH/c1-3-17(2)14-6-4-12(5-7-14)15(18)13-8-10-16-11-9-13;/h4-7,13,16H,3,8-11H2,1-2H3;1H. The van der Waals surface area contributed by atoms with Gasteiger partial charge in [-0.05, 0) is 57.1 Å². The number of ketones is 1. The zero-order chi connectivity index (χ0) is 13.0. The Labute approximate surface area is 121 Å². The third-order valence-corrected chi connectivity index (χ3v) is 3.78. The highest BCUT2D eigenvalue weighted by molar-refractivity contribution is 5.98. The van der Waals surface area contributed by atoms with E-state index in [-0.39, 0.29) is 18.3 Å². The number of carbonyl (C=O) groups is 1. The van der Waals surface area contributed by atoms with Gasteiger partial charge < -0.3 is 10.2 Å². The SMILES string of the molecule is CCN(C)c1ccc(C(=O)C2CCNCC2)cc1.Cl. The molecule has 1 N–H and O–H groups in total. The summed E-state index contributed by atoms with van der Waals surface area (Å²) in [4.78, 5) is 14.5. The molecule has 0 aliphatic carbocycles. The molecule has 0 atom stereocenters. The summed E-state index contributed by atoms with van der Waals surface area (Å²) in [6, 6.07) is 8.01. The smallest absolute Gasteiger partial charge is 0.166 e. The van der Waals surface area contributed by atoms with Crippen LogP contribution in [0.1, 0.15) is 30.1 Å². The topological polar surface area (TPSA) is 32.3 Å². The molecule has 1 aromatic rings. The highest BCUT2D eigenvalue weighted by Gasteiger charge is 2.21. The Kier molecular flexibility index (Phi) is 6.32. The van der Waals surface area contributed by atoms with Crippen LogP contribution in [0.3, 0.4) is 0 Å². The molecule has 19 heavy (non-hydrogen) atoms. The number of hydrogen-bond acceptors (Lipinski definition) is 3. The zero-order valence-electron chi connectivity index (χ0n) is 11.7. The van der Waals surface area contributed by atoms with E-state index in [0.717, 1.165) is 38.0 Å². The van der Waals surface area contributed by atoms with Gasteiger partial charge in [-0.2, -0.15) is 0 Å². The van der Waals surface area contributed by atoms with Crippen molar-refractivity contribution in [3.63, 3.8) is 0 Å². The van der Waals surface area contributed by atoms with Crippen LogP contribution in [0, 0.1) is 5.92 Å². The molecular weight excluding hydrogens is 260 g/mol. The average Bonchev–Trinajstić information content (AvgIpc) is 2.47. The Balaban J connectivity index is 0.00000180. The van der Waals surface area contributed by atoms with E-state index in [1.54, 1.807) is 0 Å². The fourth-order valence-corrected chi connectivity index (χ4v) is 2.38. The van der Waals surface area contributed by atoms with Crippen molar-refractivity contribution in [2.24, 2.45) is 5.92 Å². The van der Waals surface area contributed by atoms with Crippen molar-refractivity contribution in [3.8, 4) is 0 Å². The van der Waals surface area contributed by atoms with Crippen LogP contribution in [0.15, 0.2) is 24.3 Å². The molecule has 1 heterocycles. The normalized spacial score (nSPS) is 15.7. The van der Waals surface area contributed by atoms with E-state index in [0.29, 0.717) is 5.78 Å². The highest BCUT2D eigenvalue weighted by atomic mass is 35.5. The van der Waals surface area contributed by atoms with E-state index in [4.69, 9.17) is 0 Å². The van der Waals surface area contributed by atoms with Crippen molar-refractivity contribution in [2.45, 2.75) is 19.8 Å². The van der Waals surface area contributed by atoms with Crippen molar-refractivity contribution in [3.05, 3.63) is 29.8 Å². The van der Waals surface area contributed by atoms with Crippen LogP contribution >= 0.6 is 12.4 Å². The lowest BCUT2D eigenvalue weighted by atomic mass is 9.89. The second-order valence-corrected chi connectivity index (χ2v) is 4.95. The number of nitrogens with one attached hydrogen (secondary N) is 1. The first-order chi connectivity index (χ1) is 8.72. The highest BCUT2D eigenvalue weighted by Crippen LogP contribution is 2.20. The van der Waals surface area contributed by atoms with Crippen LogP contribution in [0.5, 0.6) is 0 Å². The van der Waals surface area contributed by atoms with E-state index in [2.05, 4.69) is 24.2 Å². The Morgan fingerprint density at radius 2 is 1.84 bits per heavy atom. The molecule has 0 unspecified atom stereocenters. The summed E-state index contributed by atoms with van der Waals surface area (Å²) in [5, 5.41) is 3.29. The molecule has 0 aromatic heterocycles. The first-order valence-corrected chi connectivity index (χ1v) is 6.78. The molecule has 3 nitrogen and oxygen atoms in total. The minimum atomic E-state index is 0. The molecule has 1 saturated heterocycles. The molecular formula is C15H23ClN2O. The molecule has 4 heteroatoms. The van der Waals surface area contributed by atoms with Crippen molar-refractivity contribution in [1.29, 1.82) is 0 Å². The average molecular weight is 283 g/mol. The molecule has 0 bridgehead atoms. The summed E-state index contributed by atoms with van der Waals surface area (Å²) in [6.07, 6.45) is 1.94. The lowest BCUT2D eigenvalue weighted by molar-refractivity contribution is 0.0895. The first kappa shape index (κ1) is 16.0. The van der Waals surface area contributed by atoms with Crippen molar-refractivity contribution in [2.75, 3.05) is 31.6 Å². The van der Waals surface area contributed by atoms with E-state index in [9.17, 15) is 4.79 Å². The molecule has 0 radical (unpaired) electrons. The van der Waals surface area contributed by atoms with Gasteiger partial charge in [0.05, 0.1) is 0 Å². The van der Waals surface area contributed by atoms with Gasteiger partial charge in [-0.3, -0.25) is 4.79 Å². The second-order valence-electron chi connectivity index (χ2n) is 4.95. The first-order valence-electron chi connectivity index (χ1n) is 6.78. The number of nitrogens with zero attached hydrogens (tertiary/aromatic N) is 1. The number of rotatable bonds is 4. The molecule has 1 aliphatic rings. The summed E-state index contributed by atoms with van der Waals surface area (Å²) in [5.74, 6) is 0.517. The summed E-state index contributed by atoms with van der Waals surface area (Å²) < 4.78 is 0. The van der Waals surface area contributed by atoms with Gasteiger partial charge in [0.25, 0.3) is 0 Å². The number of Topliss-reactive ketones (excluding diaryl/α,β-unsaturated/α-hetero) is 1. The molecule has 0 amide bonds. The summed E-state index contributed by atoms with van der Waals surface area (Å²) in [7, 11) is 2.06. The van der Waals surface area contributed by atoms with Crippen LogP contribution in [-0.4, -0.2) is 32.5 Å². The largest absolute Gasteiger partial charge is 0.375 e. The molecule has 0 spiro atoms. The van der Waals surface area contributed by atoms with E-state index in [1.165, 1.54) is 5.69 Å². The van der Waals surface area contributed by atoms with Gasteiger partial charge >= 0.3 is 0 Å². The number of piperidine rings is 1. The molecule has 0 saturated carbocycles. The lowest BCUT2D eigenvalue weighted by Gasteiger charge is -2.22. The van der Waals surface area contributed by atoms with E-state index in [1.807, 2.05) is 24.3 Å². The van der Waals surface area contributed by atoms with Crippen LogP contribution < -0.4 is 10.2 Å². The van der Waals surface area contributed by atoms with Gasteiger partial charge in [-0.15, -0.1) is 12.4 Å². The zero-order valence-corrected chi connectivity index (χ0v) is 12.5. The minimum Gasteiger partial charge on any atom is -0.375 e. The van der Waals surface area contributed by atoms with Gasteiger partial charge in [0.1, 0.15) is 0 Å². The predicted molar refractivity (Wildman–Crippen MR) is 82.6 cm³/mol. The maximum absolute atomic E-state index is 12.3. The lowest BCUT2D eigenvalue weighted by Crippen LogP contribution is -2.31. The molecule has 106 valence electrons. The minimum absolute atomic E-state index is 0. The van der Waals surface area contributed by atoms with Gasteiger partial charge in [0.2, 0.25) is 0 Å². The number of halogens is 1. The number of benzene rings is 1. The Morgan fingerprint density at radius 1 is 1.26 bits per heavy atom. The Morgan fingerprint density at radius 3 is 2.37 bits per heavy atom. The fraction of sp³-hybridized carbons (Fsp3) is 0.533. The Bertz CT molecular complexity index is 399. The summed E-state index contributed by atoms with van der Waals surface area (Å²) >= 11 is 0. The number of anilines is 1. The van der Waals surface area contributed by atoms with Crippen LogP contribution in [-0.2, 0) is 0 Å². The van der Waals surface area contributed by atoms with Crippen molar-refractivity contribution in [1.82, 2.24) is 5.32 Å². The maximum atomic E-state index is 12.3. The second kappa shape index (κ2) is 7.51. The predicted octanol–water partition coefficient (Wildman–Crippen LogP) is 2.75.